The van der Waals surface area contributed by atoms with Gasteiger partial charge < -0.3 is 4.90 Å². The average Bonchev–Trinajstić information content (AvgIpc) is 3.09. The van der Waals surface area contributed by atoms with Crippen molar-refractivity contribution in [2.45, 2.75) is 38.6 Å². The van der Waals surface area contributed by atoms with Crippen LogP contribution >= 0.6 is 11.3 Å². The molecule has 0 N–H and O–H groups in total. The van der Waals surface area contributed by atoms with Gasteiger partial charge in [0, 0.05) is 32.2 Å². The number of carbonyl (C=O) groups is 1. The van der Waals surface area contributed by atoms with Gasteiger partial charge in [0.1, 0.15) is 0 Å². The molecule has 4 heteroatoms. The van der Waals surface area contributed by atoms with Crippen LogP contribution in [0.1, 0.15) is 40.9 Å². The zero-order chi connectivity index (χ0) is 13.2. The molecule has 1 aliphatic carbocycles. The topological polar surface area (TPSA) is 23.6 Å². The number of hydrogen-bond acceptors (Lipinski definition) is 3. The lowest BCUT2D eigenvalue weighted by Crippen LogP contribution is -2.51. The maximum Gasteiger partial charge on any atom is 0.264 e. The molecule has 3 rings (SSSR count). The summed E-state index contributed by atoms with van der Waals surface area (Å²) in [6.45, 7) is 5.93. The highest BCUT2D eigenvalue weighted by Gasteiger charge is 2.28. The Morgan fingerprint density at radius 2 is 1.89 bits per heavy atom. The fourth-order valence-electron chi connectivity index (χ4n) is 3.30. The van der Waals surface area contributed by atoms with Crippen molar-refractivity contribution in [3.05, 3.63) is 21.9 Å². The average molecular weight is 278 g/mol. The molecule has 0 spiro atoms. The van der Waals surface area contributed by atoms with Crippen LogP contribution in [0, 0.1) is 6.92 Å². The SMILES string of the molecule is Cc1ccsc1C(=O)N1CCN(C2CCCC2)CC1. The summed E-state index contributed by atoms with van der Waals surface area (Å²) in [6.07, 6.45) is 5.49. The summed E-state index contributed by atoms with van der Waals surface area (Å²) >= 11 is 1.57. The molecule has 19 heavy (non-hydrogen) atoms. The lowest BCUT2D eigenvalue weighted by atomic mass is 10.1. The third kappa shape index (κ3) is 2.70. The molecule has 1 amide bonds. The van der Waals surface area contributed by atoms with Crippen LogP contribution in [0.4, 0.5) is 0 Å². The predicted octanol–water partition coefficient (Wildman–Crippen LogP) is 2.76. The van der Waals surface area contributed by atoms with Crippen LogP contribution in [0.25, 0.3) is 0 Å². The molecular weight excluding hydrogens is 256 g/mol. The lowest BCUT2D eigenvalue weighted by Gasteiger charge is -2.38. The van der Waals surface area contributed by atoms with E-state index in [2.05, 4.69) is 4.90 Å². The van der Waals surface area contributed by atoms with Gasteiger partial charge in [0.15, 0.2) is 0 Å². The second-order valence-electron chi connectivity index (χ2n) is 5.70. The first kappa shape index (κ1) is 13.1. The molecule has 1 aliphatic heterocycles. The zero-order valence-electron chi connectivity index (χ0n) is 11.6. The van der Waals surface area contributed by atoms with E-state index in [1.54, 1.807) is 11.3 Å². The predicted molar refractivity (Wildman–Crippen MR) is 78.8 cm³/mol. The van der Waals surface area contributed by atoms with E-state index >= 15 is 0 Å². The first-order chi connectivity index (χ1) is 9.25. The molecule has 1 aromatic rings. The van der Waals surface area contributed by atoms with Gasteiger partial charge in [0.2, 0.25) is 0 Å². The highest BCUT2D eigenvalue weighted by atomic mass is 32.1. The minimum atomic E-state index is 0.235. The number of thiophene rings is 1. The lowest BCUT2D eigenvalue weighted by molar-refractivity contribution is 0.0577. The molecule has 1 saturated heterocycles. The molecule has 2 heterocycles. The van der Waals surface area contributed by atoms with Crippen LogP contribution < -0.4 is 0 Å². The third-order valence-electron chi connectivity index (χ3n) is 4.50. The summed E-state index contributed by atoms with van der Waals surface area (Å²) in [5.41, 5.74) is 1.12. The molecule has 0 bridgehead atoms. The summed E-state index contributed by atoms with van der Waals surface area (Å²) in [4.78, 5) is 18.0. The Morgan fingerprint density at radius 1 is 1.21 bits per heavy atom. The van der Waals surface area contributed by atoms with Gasteiger partial charge in [-0.05, 0) is 36.8 Å². The molecular formula is C15H22N2OS. The highest BCUT2D eigenvalue weighted by molar-refractivity contribution is 7.12. The van der Waals surface area contributed by atoms with Crippen molar-refractivity contribution in [3.8, 4) is 0 Å². The molecule has 1 aromatic heterocycles. The van der Waals surface area contributed by atoms with Crippen LogP contribution in [0.5, 0.6) is 0 Å². The maximum atomic E-state index is 12.4. The van der Waals surface area contributed by atoms with E-state index in [1.807, 2.05) is 23.3 Å². The second-order valence-corrected chi connectivity index (χ2v) is 6.62. The molecule has 104 valence electrons. The quantitative estimate of drug-likeness (QED) is 0.830. The summed E-state index contributed by atoms with van der Waals surface area (Å²) in [7, 11) is 0. The molecule has 0 atom stereocenters. The standard InChI is InChI=1S/C15H22N2OS/c1-12-6-11-19-14(12)15(18)17-9-7-16(8-10-17)13-4-2-3-5-13/h6,11,13H,2-5,7-10H2,1H3. The fraction of sp³-hybridized carbons (Fsp3) is 0.667. The Balaban J connectivity index is 1.58. The third-order valence-corrected chi connectivity index (χ3v) is 5.50. The van der Waals surface area contributed by atoms with Crippen LogP contribution in [-0.2, 0) is 0 Å². The van der Waals surface area contributed by atoms with E-state index in [9.17, 15) is 4.79 Å². The van der Waals surface area contributed by atoms with Crippen molar-refractivity contribution < 1.29 is 4.79 Å². The van der Waals surface area contributed by atoms with Gasteiger partial charge in [0.05, 0.1) is 4.88 Å². The van der Waals surface area contributed by atoms with Crippen molar-refractivity contribution >= 4 is 17.2 Å². The van der Waals surface area contributed by atoms with Crippen molar-refractivity contribution in [1.82, 2.24) is 9.80 Å². The van der Waals surface area contributed by atoms with Crippen LogP contribution in [-0.4, -0.2) is 47.9 Å². The Morgan fingerprint density at radius 3 is 2.47 bits per heavy atom. The van der Waals surface area contributed by atoms with Gasteiger partial charge >= 0.3 is 0 Å². The number of carbonyl (C=O) groups excluding carboxylic acids is 1. The first-order valence-electron chi connectivity index (χ1n) is 7.33. The first-order valence-corrected chi connectivity index (χ1v) is 8.21. The van der Waals surface area contributed by atoms with Crippen molar-refractivity contribution in [2.24, 2.45) is 0 Å². The monoisotopic (exact) mass is 278 g/mol. The van der Waals surface area contributed by atoms with Crippen LogP contribution in [0.15, 0.2) is 11.4 Å². The number of aryl methyl sites for hydroxylation is 1. The van der Waals surface area contributed by atoms with E-state index < -0.39 is 0 Å². The van der Waals surface area contributed by atoms with Crippen molar-refractivity contribution in [3.63, 3.8) is 0 Å². The van der Waals surface area contributed by atoms with Crippen molar-refractivity contribution in [2.75, 3.05) is 26.2 Å². The zero-order valence-corrected chi connectivity index (χ0v) is 12.4. The molecule has 3 nitrogen and oxygen atoms in total. The molecule has 0 radical (unpaired) electrons. The van der Waals surface area contributed by atoms with Crippen LogP contribution in [0.3, 0.4) is 0 Å². The van der Waals surface area contributed by atoms with Gasteiger partial charge in [-0.15, -0.1) is 11.3 Å². The Labute approximate surface area is 119 Å². The van der Waals surface area contributed by atoms with E-state index in [1.165, 1.54) is 25.7 Å². The number of piperazine rings is 1. The second kappa shape index (κ2) is 5.63. The fourth-order valence-corrected chi connectivity index (χ4v) is 4.19. The Hall–Kier alpha value is -0.870. The van der Waals surface area contributed by atoms with Crippen LogP contribution in [0.2, 0.25) is 0 Å². The molecule has 2 fully saturated rings. The largest absolute Gasteiger partial charge is 0.335 e. The summed E-state index contributed by atoms with van der Waals surface area (Å²) in [5, 5.41) is 2.01. The van der Waals surface area contributed by atoms with E-state index in [0.717, 1.165) is 42.7 Å². The Kier molecular flexibility index (Phi) is 3.89. The highest BCUT2D eigenvalue weighted by Crippen LogP contribution is 2.25. The molecule has 0 aromatic carbocycles. The summed E-state index contributed by atoms with van der Waals surface area (Å²) in [5.74, 6) is 0.235. The summed E-state index contributed by atoms with van der Waals surface area (Å²) in [6, 6.07) is 2.83. The van der Waals surface area contributed by atoms with E-state index in [-0.39, 0.29) is 5.91 Å². The molecule has 2 aliphatic rings. The summed E-state index contributed by atoms with van der Waals surface area (Å²) < 4.78 is 0. The molecule has 0 unspecified atom stereocenters. The number of rotatable bonds is 2. The minimum Gasteiger partial charge on any atom is -0.335 e. The minimum absolute atomic E-state index is 0.235. The number of amides is 1. The van der Waals surface area contributed by atoms with E-state index in [4.69, 9.17) is 0 Å². The maximum absolute atomic E-state index is 12.4. The normalized spacial score (nSPS) is 22.1. The van der Waals surface area contributed by atoms with Gasteiger partial charge in [-0.2, -0.15) is 0 Å². The Bertz CT molecular complexity index is 443. The van der Waals surface area contributed by atoms with Crippen molar-refractivity contribution in [1.29, 1.82) is 0 Å². The number of nitrogens with zero attached hydrogens (tertiary/aromatic N) is 2. The van der Waals surface area contributed by atoms with Gasteiger partial charge in [-0.1, -0.05) is 12.8 Å². The smallest absolute Gasteiger partial charge is 0.264 e. The van der Waals surface area contributed by atoms with Gasteiger partial charge in [0.25, 0.3) is 5.91 Å². The van der Waals surface area contributed by atoms with E-state index in [0.29, 0.717) is 0 Å². The van der Waals surface area contributed by atoms with Gasteiger partial charge in [-0.3, -0.25) is 9.69 Å². The molecule has 1 saturated carbocycles. The van der Waals surface area contributed by atoms with Gasteiger partial charge in [-0.25, -0.2) is 0 Å². The number of hydrogen-bond donors (Lipinski definition) is 0.